The van der Waals surface area contributed by atoms with Crippen LogP contribution in [0.3, 0.4) is 0 Å². The minimum Gasteiger partial charge on any atom is -0.462 e. The van der Waals surface area contributed by atoms with Crippen molar-refractivity contribution in [3.05, 3.63) is 60.8 Å². The van der Waals surface area contributed by atoms with Gasteiger partial charge in [0.05, 0.1) is 6.61 Å². The maximum absolute atomic E-state index is 12.3. The number of aliphatic hydroxyl groups is 1. The Labute approximate surface area is 411 Å². The van der Waals surface area contributed by atoms with E-state index in [0.29, 0.717) is 12.8 Å². The average molecular weight is 924 g/mol. The molecule has 0 aliphatic carbocycles. The van der Waals surface area contributed by atoms with Crippen molar-refractivity contribution in [2.45, 2.75) is 302 Å². The zero-order chi connectivity index (χ0) is 47.7. The number of rotatable bonds is 53. The topological polar surface area (TPSA) is 72.8 Å². The molecule has 0 aromatic heterocycles. The molecular formula is C61H110O5. The highest BCUT2D eigenvalue weighted by Crippen LogP contribution is 2.17. The van der Waals surface area contributed by atoms with Crippen LogP contribution in [0, 0.1) is 0 Å². The number of hydrogen-bond donors (Lipinski definition) is 1. The molecule has 5 nitrogen and oxygen atoms in total. The van der Waals surface area contributed by atoms with Gasteiger partial charge in [-0.2, -0.15) is 0 Å². The second-order valence-electron chi connectivity index (χ2n) is 19.3. The zero-order valence-electron chi connectivity index (χ0n) is 44.0. The van der Waals surface area contributed by atoms with Crippen molar-refractivity contribution in [3.8, 4) is 0 Å². The van der Waals surface area contributed by atoms with Crippen LogP contribution in [-0.2, 0) is 19.1 Å². The molecule has 66 heavy (non-hydrogen) atoms. The van der Waals surface area contributed by atoms with Gasteiger partial charge in [-0.25, -0.2) is 0 Å². The minimum atomic E-state index is -0.774. The fraction of sp³-hybridized carbons (Fsp3) is 0.803. The van der Waals surface area contributed by atoms with Crippen molar-refractivity contribution < 1.29 is 24.2 Å². The second kappa shape index (κ2) is 56.9. The molecule has 0 bridgehead atoms. The first-order valence-corrected chi connectivity index (χ1v) is 28.8. The van der Waals surface area contributed by atoms with Gasteiger partial charge >= 0.3 is 11.9 Å². The normalized spacial score (nSPS) is 12.6. The molecule has 0 spiro atoms. The lowest BCUT2D eigenvalue weighted by atomic mass is 10.0. The van der Waals surface area contributed by atoms with Crippen LogP contribution in [0.2, 0.25) is 0 Å². The van der Waals surface area contributed by atoms with Gasteiger partial charge in [-0.05, 0) is 77.0 Å². The number of ether oxygens (including phenoxy) is 2. The van der Waals surface area contributed by atoms with Crippen LogP contribution in [0.5, 0.6) is 0 Å². The average Bonchev–Trinajstić information content (AvgIpc) is 3.32. The summed E-state index contributed by atoms with van der Waals surface area (Å²) in [5.74, 6) is -0.580. The Bertz CT molecular complexity index is 1130. The van der Waals surface area contributed by atoms with E-state index in [2.05, 4.69) is 74.6 Å². The largest absolute Gasteiger partial charge is 0.462 e. The minimum absolute atomic E-state index is 0.0644. The number of allylic oxidation sites excluding steroid dienone is 10. The summed E-state index contributed by atoms with van der Waals surface area (Å²) < 4.78 is 10.7. The van der Waals surface area contributed by atoms with Crippen molar-refractivity contribution in [2.75, 3.05) is 13.2 Å². The maximum atomic E-state index is 12.3. The molecule has 0 heterocycles. The fourth-order valence-electron chi connectivity index (χ4n) is 8.49. The van der Waals surface area contributed by atoms with E-state index in [0.717, 1.165) is 64.2 Å². The summed E-state index contributed by atoms with van der Waals surface area (Å²) in [6, 6.07) is 0. The van der Waals surface area contributed by atoms with Crippen molar-refractivity contribution >= 4 is 11.9 Å². The molecule has 0 rings (SSSR count). The van der Waals surface area contributed by atoms with Crippen LogP contribution >= 0.6 is 0 Å². The number of esters is 2. The third kappa shape index (κ3) is 54.2. The molecule has 5 heteroatoms. The molecule has 0 radical (unpaired) electrons. The fourth-order valence-corrected chi connectivity index (χ4v) is 8.49. The lowest BCUT2D eigenvalue weighted by molar-refractivity contribution is -0.161. The summed E-state index contributed by atoms with van der Waals surface area (Å²) >= 11 is 0. The lowest BCUT2D eigenvalue weighted by Crippen LogP contribution is -2.28. The summed E-state index contributed by atoms with van der Waals surface area (Å²) in [5.41, 5.74) is 0. The van der Waals surface area contributed by atoms with Crippen molar-refractivity contribution in [3.63, 3.8) is 0 Å². The van der Waals surface area contributed by atoms with Crippen LogP contribution in [0.15, 0.2) is 60.8 Å². The van der Waals surface area contributed by atoms with Gasteiger partial charge in [0.2, 0.25) is 0 Å². The first-order valence-electron chi connectivity index (χ1n) is 28.8. The van der Waals surface area contributed by atoms with Crippen molar-refractivity contribution in [2.24, 2.45) is 0 Å². The molecule has 0 saturated carbocycles. The smallest absolute Gasteiger partial charge is 0.306 e. The first-order chi connectivity index (χ1) is 32.6. The van der Waals surface area contributed by atoms with E-state index < -0.39 is 6.10 Å². The molecule has 1 unspecified atom stereocenters. The predicted octanol–water partition coefficient (Wildman–Crippen LogP) is 19.4. The Balaban J connectivity index is 3.46. The summed E-state index contributed by atoms with van der Waals surface area (Å²) in [7, 11) is 0. The van der Waals surface area contributed by atoms with E-state index in [1.807, 2.05) is 0 Å². The Morgan fingerprint density at radius 2 is 0.652 bits per heavy atom. The van der Waals surface area contributed by atoms with Gasteiger partial charge in [-0.1, -0.05) is 267 Å². The van der Waals surface area contributed by atoms with Gasteiger partial charge < -0.3 is 14.6 Å². The van der Waals surface area contributed by atoms with Crippen molar-refractivity contribution in [1.29, 1.82) is 0 Å². The third-order valence-electron chi connectivity index (χ3n) is 12.8. The highest BCUT2D eigenvalue weighted by molar-refractivity contribution is 5.70. The monoisotopic (exact) mass is 923 g/mol. The van der Waals surface area contributed by atoms with E-state index in [4.69, 9.17) is 9.47 Å². The Morgan fingerprint density at radius 1 is 0.364 bits per heavy atom. The summed E-state index contributed by atoms with van der Waals surface area (Å²) in [6.07, 6.45) is 76.3. The van der Waals surface area contributed by atoms with Gasteiger partial charge in [0, 0.05) is 12.8 Å². The quantitative estimate of drug-likeness (QED) is 0.0374. The lowest BCUT2D eigenvalue weighted by Gasteiger charge is -2.15. The molecule has 0 aromatic rings. The summed E-state index contributed by atoms with van der Waals surface area (Å²) in [5, 5.41) is 9.66. The highest BCUT2D eigenvalue weighted by Gasteiger charge is 2.16. The Hall–Kier alpha value is -2.40. The van der Waals surface area contributed by atoms with Crippen LogP contribution in [-0.4, -0.2) is 36.4 Å². The summed E-state index contributed by atoms with van der Waals surface area (Å²) in [6.45, 7) is 4.06. The Kier molecular flexibility index (Phi) is 54.9. The number of carbonyl (C=O) groups is 2. The second-order valence-corrected chi connectivity index (χ2v) is 19.3. The molecular weight excluding hydrogens is 813 g/mol. The Morgan fingerprint density at radius 3 is 1.00 bits per heavy atom. The molecule has 0 aliphatic heterocycles. The first kappa shape index (κ1) is 63.6. The van der Waals surface area contributed by atoms with Crippen LogP contribution < -0.4 is 0 Å². The number of carbonyl (C=O) groups excluding carboxylic acids is 2. The van der Waals surface area contributed by atoms with E-state index in [1.165, 1.54) is 205 Å². The third-order valence-corrected chi connectivity index (χ3v) is 12.8. The van der Waals surface area contributed by atoms with Gasteiger partial charge in [0.25, 0.3) is 0 Å². The standard InChI is InChI=1S/C61H110O5/c1-3-5-7-9-11-13-15-17-19-21-23-25-27-29-30-32-34-36-38-40-42-44-46-48-50-52-54-56-61(64)66-59(57-62)58-65-60(63)55-53-51-49-47-45-43-41-39-37-35-33-31-28-26-24-22-20-18-16-14-12-10-8-6-4-2/h5,7,11,13,17,19,22-25,59,62H,3-4,6,8-10,12,14-16,18,20-21,26-58H2,1-2H3/b7-5-,13-11-,19-17-,24-22-,25-23-. The number of hydrogen-bond acceptors (Lipinski definition) is 5. The van der Waals surface area contributed by atoms with Crippen LogP contribution in [0.4, 0.5) is 0 Å². The van der Waals surface area contributed by atoms with Gasteiger partial charge in [-0.15, -0.1) is 0 Å². The van der Waals surface area contributed by atoms with E-state index in [1.54, 1.807) is 0 Å². The molecule has 0 aromatic carbocycles. The molecule has 1 N–H and O–H groups in total. The van der Waals surface area contributed by atoms with Crippen molar-refractivity contribution in [1.82, 2.24) is 0 Å². The molecule has 1 atom stereocenters. The van der Waals surface area contributed by atoms with Gasteiger partial charge in [0.1, 0.15) is 6.61 Å². The number of aliphatic hydroxyl groups excluding tert-OH is 1. The zero-order valence-corrected chi connectivity index (χ0v) is 44.0. The molecule has 0 aliphatic rings. The molecule has 0 saturated heterocycles. The highest BCUT2D eigenvalue weighted by atomic mass is 16.6. The van der Waals surface area contributed by atoms with Crippen LogP contribution in [0.25, 0.3) is 0 Å². The molecule has 0 amide bonds. The van der Waals surface area contributed by atoms with E-state index in [-0.39, 0.29) is 25.2 Å². The van der Waals surface area contributed by atoms with Crippen LogP contribution in [0.1, 0.15) is 296 Å². The maximum Gasteiger partial charge on any atom is 0.306 e. The molecule has 0 fully saturated rings. The summed E-state index contributed by atoms with van der Waals surface area (Å²) in [4.78, 5) is 24.5. The SMILES string of the molecule is CC/C=C\C/C=C\C/C=C\C/C=C\CCCCCCCCCCCCCCCCC(=O)OC(CO)COC(=O)CCCCCCCCCCCCCCC/C=C\CCCCCCCCCC. The van der Waals surface area contributed by atoms with E-state index in [9.17, 15) is 14.7 Å². The van der Waals surface area contributed by atoms with Gasteiger partial charge in [-0.3, -0.25) is 9.59 Å². The van der Waals surface area contributed by atoms with E-state index >= 15 is 0 Å². The molecule has 384 valence electrons. The van der Waals surface area contributed by atoms with Gasteiger partial charge in [0.15, 0.2) is 6.10 Å². The predicted molar refractivity (Wildman–Crippen MR) is 288 cm³/mol. The number of unbranched alkanes of at least 4 members (excludes halogenated alkanes) is 35.